The normalized spacial score (nSPS) is 14.1. The van der Waals surface area contributed by atoms with Gasteiger partial charge in [0.2, 0.25) is 5.91 Å². The van der Waals surface area contributed by atoms with Crippen LogP contribution in [0.3, 0.4) is 0 Å². The van der Waals surface area contributed by atoms with Crippen molar-refractivity contribution in [3.05, 3.63) is 23.2 Å². The Hall–Kier alpha value is -1.75. The SMILES string of the molecule is CC(C)NC(=O)CN1CC(=O)Oc2ccc(Cl)cc21. The Morgan fingerprint density at radius 1 is 1.53 bits per heavy atom. The van der Waals surface area contributed by atoms with E-state index < -0.39 is 0 Å². The molecule has 1 aliphatic heterocycles. The molecule has 1 N–H and O–H groups in total. The van der Waals surface area contributed by atoms with Crippen LogP contribution in [0.15, 0.2) is 18.2 Å². The van der Waals surface area contributed by atoms with Crippen LogP contribution in [0.5, 0.6) is 5.75 Å². The predicted octanol–water partition coefficient (Wildman–Crippen LogP) is 1.59. The molecule has 0 spiro atoms. The van der Waals surface area contributed by atoms with Gasteiger partial charge in [0.05, 0.1) is 12.2 Å². The summed E-state index contributed by atoms with van der Waals surface area (Å²) in [7, 11) is 0. The van der Waals surface area contributed by atoms with Gasteiger partial charge in [0.25, 0.3) is 0 Å². The molecule has 6 heteroatoms. The van der Waals surface area contributed by atoms with E-state index in [2.05, 4.69) is 5.32 Å². The second-order valence-electron chi connectivity index (χ2n) is 4.66. The minimum absolute atomic E-state index is 0.0405. The van der Waals surface area contributed by atoms with Crippen LogP contribution in [-0.4, -0.2) is 31.0 Å². The minimum Gasteiger partial charge on any atom is -0.423 e. The maximum Gasteiger partial charge on any atom is 0.331 e. The van der Waals surface area contributed by atoms with E-state index in [9.17, 15) is 9.59 Å². The molecule has 19 heavy (non-hydrogen) atoms. The lowest BCUT2D eigenvalue weighted by molar-refractivity contribution is -0.133. The van der Waals surface area contributed by atoms with Crippen molar-refractivity contribution in [2.75, 3.05) is 18.0 Å². The molecule has 0 radical (unpaired) electrons. The monoisotopic (exact) mass is 282 g/mol. The van der Waals surface area contributed by atoms with Gasteiger partial charge in [-0.3, -0.25) is 4.79 Å². The highest BCUT2D eigenvalue weighted by Crippen LogP contribution is 2.34. The van der Waals surface area contributed by atoms with Crippen LogP contribution < -0.4 is 15.0 Å². The highest BCUT2D eigenvalue weighted by molar-refractivity contribution is 6.31. The topological polar surface area (TPSA) is 58.6 Å². The number of carbonyl (C=O) groups is 2. The highest BCUT2D eigenvalue weighted by Gasteiger charge is 2.25. The zero-order valence-corrected chi connectivity index (χ0v) is 11.5. The van der Waals surface area contributed by atoms with Gasteiger partial charge in [0.15, 0.2) is 5.75 Å². The number of rotatable bonds is 3. The molecule has 0 aliphatic carbocycles. The first kappa shape index (κ1) is 13.7. The number of ether oxygens (including phenoxy) is 1. The van der Waals surface area contributed by atoms with E-state index in [4.69, 9.17) is 16.3 Å². The van der Waals surface area contributed by atoms with Gasteiger partial charge in [-0.2, -0.15) is 0 Å². The smallest absolute Gasteiger partial charge is 0.331 e. The Morgan fingerprint density at radius 2 is 2.26 bits per heavy atom. The number of hydrogen-bond acceptors (Lipinski definition) is 4. The Balaban J connectivity index is 2.20. The number of esters is 1. The third-order valence-corrected chi connectivity index (χ3v) is 2.82. The van der Waals surface area contributed by atoms with E-state index in [0.717, 1.165) is 0 Å². The van der Waals surface area contributed by atoms with Gasteiger partial charge in [0.1, 0.15) is 6.54 Å². The first-order valence-electron chi connectivity index (χ1n) is 6.00. The van der Waals surface area contributed by atoms with Gasteiger partial charge in [0, 0.05) is 11.1 Å². The van der Waals surface area contributed by atoms with Crippen LogP contribution in [-0.2, 0) is 9.59 Å². The van der Waals surface area contributed by atoms with Gasteiger partial charge in [-0.15, -0.1) is 0 Å². The van der Waals surface area contributed by atoms with Gasteiger partial charge < -0.3 is 15.0 Å². The zero-order valence-electron chi connectivity index (χ0n) is 10.8. The molecule has 0 unspecified atom stereocenters. The molecule has 102 valence electrons. The third-order valence-electron chi connectivity index (χ3n) is 2.59. The Kier molecular flexibility index (Phi) is 3.95. The summed E-state index contributed by atoms with van der Waals surface area (Å²) in [5, 5.41) is 3.32. The van der Waals surface area contributed by atoms with Crippen LogP contribution in [0.1, 0.15) is 13.8 Å². The van der Waals surface area contributed by atoms with Crippen molar-refractivity contribution in [2.45, 2.75) is 19.9 Å². The van der Waals surface area contributed by atoms with Crippen molar-refractivity contribution < 1.29 is 14.3 Å². The Morgan fingerprint density at radius 3 is 2.95 bits per heavy atom. The van der Waals surface area contributed by atoms with Crippen LogP contribution in [0.4, 0.5) is 5.69 Å². The van der Waals surface area contributed by atoms with Gasteiger partial charge in [-0.25, -0.2) is 4.79 Å². The molecular weight excluding hydrogens is 268 g/mol. The molecule has 0 atom stereocenters. The molecule has 1 amide bonds. The minimum atomic E-state index is -0.382. The number of nitrogens with one attached hydrogen (secondary N) is 1. The van der Waals surface area contributed by atoms with E-state index in [-0.39, 0.29) is 31.0 Å². The quantitative estimate of drug-likeness (QED) is 0.676. The van der Waals surface area contributed by atoms with Crippen LogP contribution in [0.25, 0.3) is 0 Å². The molecule has 0 aromatic heterocycles. The fraction of sp³-hybridized carbons (Fsp3) is 0.385. The second-order valence-corrected chi connectivity index (χ2v) is 5.10. The number of hydrogen-bond donors (Lipinski definition) is 1. The lowest BCUT2D eigenvalue weighted by Gasteiger charge is -2.29. The molecule has 1 aromatic carbocycles. The van der Waals surface area contributed by atoms with Gasteiger partial charge in [-0.1, -0.05) is 11.6 Å². The van der Waals surface area contributed by atoms with Gasteiger partial charge in [-0.05, 0) is 32.0 Å². The Bertz CT molecular complexity index is 517. The van der Waals surface area contributed by atoms with Crippen molar-refractivity contribution in [1.82, 2.24) is 5.32 Å². The zero-order chi connectivity index (χ0) is 14.0. The number of amides is 1. The summed E-state index contributed by atoms with van der Waals surface area (Å²) in [6, 6.07) is 5.02. The van der Waals surface area contributed by atoms with Crippen LogP contribution >= 0.6 is 11.6 Å². The van der Waals surface area contributed by atoms with Crippen LogP contribution in [0, 0.1) is 0 Å². The highest BCUT2D eigenvalue weighted by atomic mass is 35.5. The summed E-state index contributed by atoms with van der Waals surface area (Å²) in [5.41, 5.74) is 0.658. The summed E-state index contributed by atoms with van der Waals surface area (Å²) in [6.07, 6.45) is 0. The van der Waals surface area contributed by atoms with Crippen molar-refractivity contribution in [2.24, 2.45) is 0 Å². The number of anilines is 1. The van der Waals surface area contributed by atoms with Gasteiger partial charge >= 0.3 is 5.97 Å². The Labute approximate surface area is 116 Å². The molecule has 0 fully saturated rings. The summed E-state index contributed by atoms with van der Waals surface area (Å²) in [4.78, 5) is 24.9. The molecule has 0 bridgehead atoms. The summed E-state index contributed by atoms with van der Waals surface area (Å²) >= 11 is 5.93. The lowest BCUT2D eigenvalue weighted by Crippen LogP contribution is -2.44. The molecular formula is C13H15ClN2O3. The van der Waals surface area contributed by atoms with Crippen molar-refractivity contribution >= 4 is 29.2 Å². The van der Waals surface area contributed by atoms with Crippen molar-refractivity contribution in [1.29, 1.82) is 0 Å². The molecule has 1 heterocycles. The van der Waals surface area contributed by atoms with Crippen molar-refractivity contribution in [3.63, 3.8) is 0 Å². The van der Waals surface area contributed by atoms with E-state index in [1.165, 1.54) is 0 Å². The number of nitrogens with zero attached hydrogens (tertiary/aromatic N) is 1. The van der Waals surface area contributed by atoms with Crippen molar-refractivity contribution in [3.8, 4) is 5.75 Å². The lowest BCUT2D eigenvalue weighted by atomic mass is 10.2. The fourth-order valence-corrected chi connectivity index (χ4v) is 2.07. The number of benzene rings is 1. The van der Waals surface area contributed by atoms with E-state index in [1.807, 2.05) is 13.8 Å². The summed E-state index contributed by atoms with van der Waals surface area (Å²) in [6.45, 7) is 3.90. The largest absolute Gasteiger partial charge is 0.423 e. The number of fused-ring (bicyclic) bond motifs is 1. The molecule has 1 aliphatic rings. The molecule has 0 saturated carbocycles. The summed E-state index contributed by atoms with van der Waals surface area (Å²) in [5.74, 6) is -0.0965. The molecule has 2 rings (SSSR count). The number of halogens is 1. The summed E-state index contributed by atoms with van der Waals surface area (Å²) < 4.78 is 5.11. The molecule has 5 nitrogen and oxygen atoms in total. The maximum atomic E-state index is 11.8. The standard InChI is InChI=1S/C13H15ClN2O3/c1-8(2)15-12(17)6-16-7-13(18)19-11-4-3-9(14)5-10(11)16/h3-5,8H,6-7H2,1-2H3,(H,15,17). The average Bonchev–Trinajstić information content (AvgIpc) is 2.28. The number of carbonyl (C=O) groups excluding carboxylic acids is 2. The third kappa shape index (κ3) is 3.38. The molecule has 0 saturated heterocycles. The van der Waals surface area contributed by atoms with E-state index >= 15 is 0 Å². The maximum absolute atomic E-state index is 11.8. The van der Waals surface area contributed by atoms with Crippen LogP contribution in [0.2, 0.25) is 5.02 Å². The predicted molar refractivity (Wildman–Crippen MR) is 72.6 cm³/mol. The first-order chi connectivity index (χ1) is 8.95. The average molecular weight is 283 g/mol. The molecule has 1 aromatic rings. The fourth-order valence-electron chi connectivity index (χ4n) is 1.90. The van der Waals surface area contributed by atoms with E-state index in [1.54, 1.807) is 23.1 Å². The second kappa shape index (κ2) is 5.48. The van der Waals surface area contributed by atoms with E-state index in [0.29, 0.717) is 16.5 Å². The first-order valence-corrected chi connectivity index (χ1v) is 6.38.